The smallest absolute Gasteiger partial charge is 0.126 e. The third kappa shape index (κ3) is 3.53. The highest BCUT2D eigenvalue weighted by molar-refractivity contribution is 5.86. The summed E-state index contributed by atoms with van der Waals surface area (Å²) in [7, 11) is 1.88. The first-order valence-corrected chi connectivity index (χ1v) is 9.59. The molecule has 5 aromatic rings. The van der Waals surface area contributed by atoms with E-state index in [4.69, 9.17) is 4.98 Å². The lowest BCUT2D eigenvalue weighted by molar-refractivity contribution is 0.628. The quantitative estimate of drug-likeness (QED) is 0.447. The minimum Gasteiger partial charge on any atom is -0.378 e. The molecule has 2 aromatic carbocycles. The van der Waals surface area contributed by atoms with Crippen molar-refractivity contribution in [2.24, 2.45) is 7.05 Å². The molecule has 0 unspecified atom stereocenters. The van der Waals surface area contributed by atoms with Crippen molar-refractivity contribution in [2.75, 3.05) is 5.32 Å². The summed E-state index contributed by atoms with van der Waals surface area (Å²) in [4.78, 5) is 12.6. The zero-order valence-electron chi connectivity index (χ0n) is 16.3. The number of halogens is 1. The van der Waals surface area contributed by atoms with Gasteiger partial charge in [-0.2, -0.15) is 5.10 Å². The molecule has 3 heterocycles. The molecule has 3 aromatic heterocycles. The summed E-state index contributed by atoms with van der Waals surface area (Å²) >= 11 is 0. The molecule has 0 amide bonds. The Hall–Kier alpha value is -4.00. The fraction of sp³-hybridized carbons (Fsp3) is 0.0870. The highest BCUT2D eigenvalue weighted by Gasteiger charge is 2.16. The van der Waals surface area contributed by atoms with Crippen LogP contribution in [0.5, 0.6) is 0 Å². The van der Waals surface area contributed by atoms with Gasteiger partial charge in [-0.25, -0.2) is 9.37 Å². The predicted molar refractivity (Wildman–Crippen MR) is 115 cm³/mol. The third-order valence-corrected chi connectivity index (χ3v) is 4.89. The van der Waals surface area contributed by atoms with E-state index in [0.717, 1.165) is 39.4 Å². The minimum atomic E-state index is -0.279. The number of imidazole rings is 1. The van der Waals surface area contributed by atoms with Crippen molar-refractivity contribution in [1.29, 1.82) is 0 Å². The van der Waals surface area contributed by atoms with Gasteiger partial charge in [0, 0.05) is 36.1 Å². The van der Waals surface area contributed by atoms with E-state index in [0.29, 0.717) is 12.2 Å². The lowest BCUT2D eigenvalue weighted by Gasteiger charge is -2.04. The SMILES string of the molecule is Cn1ccc(-c2nc(CNc3cccc(F)c3)[nH]c2-c2ccc3ncccc3c2)n1. The van der Waals surface area contributed by atoms with Crippen LogP contribution in [0.15, 0.2) is 73.1 Å². The van der Waals surface area contributed by atoms with Crippen molar-refractivity contribution in [3.05, 3.63) is 84.7 Å². The van der Waals surface area contributed by atoms with E-state index in [1.807, 2.05) is 49.6 Å². The number of aromatic amines is 1. The molecule has 0 fully saturated rings. The van der Waals surface area contributed by atoms with Crippen LogP contribution >= 0.6 is 0 Å². The first-order valence-electron chi connectivity index (χ1n) is 9.59. The molecule has 0 aliphatic heterocycles. The second-order valence-corrected chi connectivity index (χ2v) is 7.06. The zero-order chi connectivity index (χ0) is 20.5. The second-order valence-electron chi connectivity index (χ2n) is 7.06. The van der Waals surface area contributed by atoms with Gasteiger partial charge in [-0.05, 0) is 42.5 Å². The van der Waals surface area contributed by atoms with Gasteiger partial charge in [-0.1, -0.05) is 18.2 Å². The average Bonchev–Trinajstić information content (AvgIpc) is 3.38. The summed E-state index contributed by atoms with van der Waals surface area (Å²) in [6.07, 6.45) is 3.68. The molecule has 0 spiro atoms. The average molecular weight is 398 g/mol. The molecule has 0 atom stereocenters. The van der Waals surface area contributed by atoms with Crippen LogP contribution in [0, 0.1) is 5.82 Å². The van der Waals surface area contributed by atoms with Crippen LogP contribution in [0.25, 0.3) is 33.5 Å². The van der Waals surface area contributed by atoms with Crippen LogP contribution in [-0.2, 0) is 13.6 Å². The van der Waals surface area contributed by atoms with Crippen molar-refractivity contribution >= 4 is 16.6 Å². The van der Waals surface area contributed by atoms with E-state index in [9.17, 15) is 4.39 Å². The molecule has 0 aliphatic carbocycles. The first kappa shape index (κ1) is 18.1. The Morgan fingerprint density at radius 1 is 1.07 bits per heavy atom. The summed E-state index contributed by atoms with van der Waals surface area (Å²) < 4.78 is 15.2. The highest BCUT2D eigenvalue weighted by atomic mass is 19.1. The van der Waals surface area contributed by atoms with Gasteiger partial charge in [0.05, 0.1) is 17.8 Å². The normalized spacial score (nSPS) is 11.1. The van der Waals surface area contributed by atoms with E-state index in [1.165, 1.54) is 12.1 Å². The van der Waals surface area contributed by atoms with Crippen molar-refractivity contribution < 1.29 is 4.39 Å². The van der Waals surface area contributed by atoms with Gasteiger partial charge in [0.1, 0.15) is 23.0 Å². The van der Waals surface area contributed by atoms with Crippen molar-refractivity contribution in [3.63, 3.8) is 0 Å². The maximum absolute atomic E-state index is 13.5. The standard InChI is InChI=1S/C23H19FN6/c1-30-11-9-20(29-30)23-22(16-7-8-19-15(12-16)4-3-10-25-19)27-21(28-23)14-26-18-6-2-5-17(24)13-18/h2-13,26H,14H2,1H3,(H,27,28). The Morgan fingerprint density at radius 3 is 2.83 bits per heavy atom. The first-order chi connectivity index (χ1) is 14.7. The van der Waals surface area contributed by atoms with E-state index >= 15 is 0 Å². The molecule has 5 rings (SSSR count). The largest absolute Gasteiger partial charge is 0.378 e. The van der Waals surface area contributed by atoms with Gasteiger partial charge >= 0.3 is 0 Å². The summed E-state index contributed by atoms with van der Waals surface area (Å²) in [5, 5.41) is 8.79. The molecular weight excluding hydrogens is 379 g/mol. The number of hydrogen-bond donors (Lipinski definition) is 2. The van der Waals surface area contributed by atoms with E-state index in [-0.39, 0.29) is 5.82 Å². The van der Waals surface area contributed by atoms with Crippen LogP contribution < -0.4 is 5.32 Å². The van der Waals surface area contributed by atoms with Gasteiger partial charge in [0.2, 0.25) is 0 Å². The number of rotatable bonds is 5. The Kier molecular flexibility index (Phi) is 4.48. The van der Waals surface area contributed by atoms with E-state index < -0.39 is 0 Å². The number of benzene rings is 2. The maximum Gasteiger partial charge on any atom is 0.126 e. The summed E-state index contributed by atoms with van der Waals surface area (Å²) in [6.45, 7) is 0.429. The number of anilines is 1. The lowest BCUT2D eigenvalue weighted by Crippen LogP contribution is -2.01. The third-order valence-electron chi connectivity index (χ3n) is 4.89. The molecule has 0 saturated heterocycles. The lowest BCUT2D eigenvalue weighted by atomic mass is 10.1. The number of aromatic nitrogens is 5. The number of fused-ring (bicyclic) bond motifs is 1. The Balaban J connectivity index is 1.54. The minimum absolute atomic E-state index is 0.279. The number of aryl methyl sites for hydroxylation is 1. The van der Waals surface area contributed by atoms with Gasteiger partial charge in [-0.15, -0.1) is 0 Å². The van der Waals surface area contributed by atoms with Crippen LogP contribution in [0.3, 0.4) is 0 Å². The number of hydrogen-bond acceptors (Lipinski definition) is 4. The van der Waals surface area contributed by atoms with Crippen molar-refractivity contribution in [3.8, 4) is 22.6 Å². The molecule has 7 heteroatoms. The summed E-state index contributed by atoms with van der Waals surface area (Å²) in [5.74, 6) is 0.459. The fourth-order valence-corrected chi connectivity index (χ4v) is 3.46. The van der Waals surface area contributed by atoms with E-state index in [1.54, 1.807) is 16.9 Å². The second kappa shape index (κ2) is 7.44. The van der Waals surface area contributed by atoms with E-state index in [2.05, 4.69) is 26.4 Å². The number of H-pyrrole nitrogens is 1. The van der Waals surface area contributed by atoms with Crippen molar-refractivity contribution in [2.45, 2.75) is 6.54 Å². The monoisotopic (exact) mass is 398 g/mol. The zero-order valence-corrected chi connectivity index (χ0v) is 16.3. The maximum atomic E-state index is 13.5. The molecule has 0 saturated carbocycles. The van der Waals surface area contributed by atoms with Crippen LogP contribution in [0.4, 0.5) is 10.1 Å². The Morgan fingerprint density at radius 2 is 2.00 bits per heavy atom. The predicted octanol–water partition coefficient (Wildman–Crippen LogP) is 4.78. The molecule has 30 heavy (non-hydrogen) atoms. The molecule has 2 N–H and O–H groups in total. The molecule has 148 valence electrons. The highest BCUT2D eigenvalue weighted by Crippen LogP contribution is 2.31. The molecule has 0 radical (unpaired) electrons. The summed E-state index contributed by atoms with van der Waals surface area (Å²) in [6, 6.07) is 18.4. The van der Waals surface area contributed by atoms with Gasteiger partial charge in [-0.3, -0.25) is 9.67 Å². The number of nitrogens with zero attached hydrogens (tertiary/aromatic N) is 4. The number of nitrogens with one attached hydrogen (secondary N) is 2. The fourth-order valence-electron chi connectivity index (χ4n) is 3.46. The number of pyridine rings is 1. The molecule has 6 nitrogen and oxygen atoms in total. The van der Waals surface area contributed by atoms with Gasteiger partial charge < -0.3 is 10.3 Å². The van der Waals surface area contributed by atoms with Crippen LogP contribution in [0.2, 0.25) is 0 Å². The molecular formula is C23H19FN6. The Bertz CT molecular complexity index is 1340. The topological polar surface area (TPSA) is 71.4 Å². The van der Waals surface area contributed by atoms with Gasteiger partial charge in [0.15, 0.2) is 0 Å². The molecule has 0 bridgehead atoms. The van der Waals surface area contributed by atoms with Crippen LogP contribution in [-0.4, -0.2) is 24.7 Å². The van der Waals surface area contributed by atoms with Gasteiger partial charge in [0.25, 0.3) is 0 Å². The Labute approximate surface area is 172 Å². The van der Waals surface area contributed by atoms with Crippen molar-refractivity contribution in [1.82, 2.24) is 24.7 Å². The molecule has 0 aliphatic rings. The van der Waals surface area contributed by atoms with Crippen LogP contribution in [0.1, 0.15) is 5.82 Å². The summed E-state index contributed by atoms with van der Waals surface area (Å²) in [5.41, 5.74) is 5.08.